The van der Waals surface area contributed by atoms with E-state index in [1.54, 1.807) is 7.11 Å². The van der Waals surface area contributed by atoms with E-state index in [2.05, 4.69) is 26.6 Å². The van der Waals surface area contributed by atoms with Crippen molar-refractivity contribution in [3.05, 3.63) is 45.9 Å². The maximum Gasteiger partial charge on any atom is 0.258 e. The van der Waals surface area contributed by atoms with Crippen molar-refractivity contribution in [3.63, 3.8) is 0 Å². The number of ether oxygens (including phenoxy) is 4. The van der Waals surface area contributed by atoms with Crippen LogP contribution in [0.25, 0.3) is 0 Å². The molecule has 2 N–H and O–H groups in total. The van der Waals surface area contributed by atoms with Gasteiger partial charge in [0.1, 0.15) is 0 Å². The molecule has 0 unspecified atom stereocenters. The SMILES string of the molecule is COc1cc(CNCc2ccc3c(c2)OCO3)c(Br)cc1OCC(=O)NC(C)(C)C. The molecule has 0 saturated carbocycles. The standard InChI is InChI=1S/C22H27BrN2O5/c1-22(2,3)25-21(26)12-28-20-9-16(23)15(8-18(20)27-4)11-24-10-14-5-6-17-19(7-14)30-13-29-17/h5-9,24H,10-13H2,1-4H3,(H,25,26). The smallest absolute Gasteiger partial charge is 0.258 e. The van der Waals surface area contributed by atoms with E-state index >= 15 is 0 Å². The Labute approximate surface area is 185 Å². The molecule has 162 valence electrons. The lowest BCUT2D eigenvalue weighted by Gasteiger charge is -2.21. The van der Waals surface area contributed by atoms with E-state index in [9.17, 15) is 4.79 Å². The van der Waals surface area contributed by atoms with Crippen LogP contribution in [-0.2, 0) is 17.9 Å². The molecule has 0 aromatic heterocycles. The lowest BCUT2D eigenvalue weighted by Crippen LogP contribution is -2.43. The summed E-state index contributed by atoms with van der Waals surface area (Å²) in [6.45, 7) is 7.26. The topological polar surface area (TPSA) is 78.1 Å². The maximum atomic E-state index is 12.0. The number of amides is 1. The molecule has 0 radical (unpaired) electrons. The first-order chi connectivity index (χ1) is 14.2. The molecule has 1 aliphatic heterocycles. The Morgan fingerprint density at radius 3 is 2.60 bits per heavy atom. The van der Waals surface area contributed by atoms with Crippen molar-refractivity contribution in [2.75, 3.05) is 20.5 Å². The molecule has 0 saturated heterocycles. The number of methoxy groups -OCH3 is 1. The molecule has 0 spiro atoms. The minimum absolute atomic E-state index is 0.0816. The number of fused-ring (bicyclic) bond motifs is 1. The molecule has 8 heteroatoms. The molecule has 1 amide bonds. The normalized spacial score (nSPS) is 12.6. The minimum Gasteiger partial charge on any atom is -0.493 e. The van der Waals surface area contributed by atoms with Crippen LogP contribution >= 0.6 is 15.9 Å². The molecule has 0 bridgehead atoms. The van der Waals surface area contributed by atoms with Gasteiger partial charge in [0.05, 0.1) is 7.11 Å². The highest BCUT2D eigenvalue weighted by molar-refractivity contribution is 9.10. The number of benzene rings is 2. The fraction of sp³-hybridized carbons (Fsp3) is 0.409. The van der Waals surface area contributed by atoms with Gasteiger partial charge in [-0.05, 0) is 56.2 Å². The predicted molar refractivity (Wildman–Crippen MR) is 117 cm³/mol. The first kappa shape index (κ1) is 22.2. The predicted octanol–water partition coefficient (Wildman–Crippen LogP) is 3.77. The number of nitrogens with one attached hydrogen (secondary N) is 2. The summed E-state index contributed by atoms with van der Waals surface area (Å²) >= 11 is 3.58. The van der Waals surface area contributed by atoms with Gasteiger partial charge >= 0.3 is 0 Å². The van der Waals surface area contributed by atoms with Crippen molar-refractivity contribution in [2.45, 2.75) is 39.4 Å². The van der Waals surface area contributed by atoms with Crippen LogP contribution in [0.4, 0.5) is 0 Å². The first-order valence-corrected chi connectivity index (χ1v) is 10.4. The van der Waals surface area contributed by atoms with Crippen LogP contribution in [0, 0.1) is 0 Å². The highest BCUT2D eigenvalue weighted by atomic mass is 79.9. The zero-order valence-corrected chi connectivity index (χ0v) is 19.2. The summed E-state index contributed by atoms with van der Waals surface area (Å²) in [7, 11) is 1.58. The third-order valence-corrected chi connectivity index (χ3v) is 5.03. The van der Waals surface area contributed by atoms with Gasteiger partial charge in [0.25, 0.3) is 5.91 Å². The number of carbonyl (C=O) groups excluding carboxylic acids is 1. The number of halogens is 1. The summed E-state index contributed by atoms with van der Waals surface area (Å²) < 4.78 is 22.8. The van der Waals surface area contributed by atoms with Gasteiger partial charge in [0, 0.05) is 23.1 Å². The van der Waals surface area contributed by atoms with Crippen LogP contribution in [0.5, 0.6) is 23.0 Å². The molecule has 30 heavy (non-hydrogen) atoms. The van der Waals surface area contributed by atoms with Gasteiger partial charge in [-0.1, -0.05) is 22.0 Å². The summed E-state index contributed by atoms with van der Waals surface area (Å²) in [5.74, 6) is 2.44. The molecular weight excluding hydrogens is 452 g/mol. The second-order valence-electron chi connectivity index (χ2n) is 7.97. The Bertz CT molecular complexity index is 911. The van der Waals surface area contributed by atoms with E-state index in [-0.39, 0.29) is 24.8 Å². The fourth-order valence-corrected chi connectivity index (χ4v) is 3.44. The molecule has 0 fully saturated rings. The molecule has 3 rings (SSSR count). The largest absolute Gasteiger partial charge is 0.493 e. The summed E-state index contributed by atoms with van der Waals surface area (Å²) in [5.41, 5.74) is 1.81. The third-order valence-electron chi connectivity index (χ3n) is 4.29. The average Bonchev–Trinajstić information content (AvgIpc) is 3.14. The fourth-order valence-electron chi connectivity index (χ4n) is 2.98. The first-order valence-electron chi connectivity index (χ1n) is 9.64. The van der Waals surface area contributed by atoms with Crippen LogP contribution in [-0.4, -0.2) is 32.0 Å². The number of hydrogen-bond donors (Lipinski definition) is 2. The van der Waals surface area contributed by atoms with Crippen molar-refractivity contribution < 1.29 is 23.7 Å². The summed E-state index contributed by atoms with van der Waals surface area (Å²) in [6.07, 6.45) is 0. The van der Waals surface area contributed by atoms with Crippen LogP contribution in [0.15, 0.2) is 34.8 Å². The Balaban J connectivity index is 1.58. The zero-order valence-electron chi connectivity index (χ0n) is 17.6. The van der Waals surface area contributed by atoms with E-state index in [0.29, 0.717) is 24.6 Å². The van der Waals surface area contributed by atoms with Gasteiger partial charge in [-0.15, -0.1) is 0 Å². The molecule has 2 aromatic carbocycles. The van der Waals surface area contributed by atoms with E-state index in [1.807, 2.05) is 51.1 Å². The number of carbonyl (C=O) groups is 1. The zero-order chi connectivity index (χ0) is 21.7. The maximum absolute atomic E-state index is 12.0. The van der Waals surface area contributed by atoms with Crippen molar-refractivity contribution in [2.24, 2.45) is 0 Å². The van der Waals surface area contributed by atoms with Gasteiger partial charge in [0.2, 0.25) is 6.79 Å². The van der Waals surface area contributed by atoms with Crippen molar-refractivity contribution in [1.82, 2.24) is 10.6 Å². The summed E-state index contributed by atoms with van der Waals surface area (Å²) in [6, 6.07) is 9.62. The molecule has 1 heterocycles. The van der Waals surface area contributed by atoms with E-state index in [1.165, 1.54) is 0 Å². The Kier molecular flexibility index (Phi) is 7.10. The molecule has 1 aliphatic rings. The van der Waals surface area contributed by atoms with E-state index < -0.39 is 0 Å². The second kappa shape index (κ2) is 9.57. The van der Waals surface area contributed by atoms with Crippen molar-refractivity contribution in [3.8, 4) is 23.0 Å². The lowest BCUT2D eigenvalue weighted by molar-refractivity contribution is -0.124. The van der Waals surface area contributed by atoms with Gasteiger partial charge in [0.15, 0.2) is 29.6 Å². The molecule has 0 aliphatic carbocycles. The Morgan fingerprint density at radius 2 is 1.87 bits per heavy atom. The highest BCUT2D eigenvalue weighted by Crippen LogP contribution is 2.34. The van der Waals surface area contributed by atoms with Crippen LogP contribution in [0.2, 0.25) is 0 Å². The van der Waals surface area contributed by atoms with E-state index in [0.717, 1.165) is 27.1 Å². The summed E-state index contributed by atoms with van der Waals surface area (Å²) in [5, 5.41) is 6.28. The molecular formula is C22H27BrN2O5. The highest BCUT2D eigenvalue weighted by Gasteiger charge is 2.16. The average molecular weight is 479 g/mol. The van der Waals surface area contributed by atoms with Gasteiger partial charge in [-0.2, -0.15) is 0 Å². The Hall–Kier alpha value is -2.45. The van der Waals surface area contributed by atoms with Crippen LogP contribution in [0.1, 0.15) is 31.9 Å². The summed E-state index contributed by atoms with van der Waals surface area (Å²) in [4.78, 5) is 12.0. The second-order valence-corrected chi connectivity index (χ2v) is 8.83. The molecule has 7 nitrogen and oxygen atoms in total. The van der Waals surface area contributed by atoms with Crippen LogP contribution < -0.4 is 29.6 Å². The Morgan fingerprint density at radius 1 is 1.10 bits per heavy atom. The van der Waals surface area contributed by atoms with Gasteiger partial charge in [-0.3, -0.25) is 4.79 Å². The van der Waals surface area contributed by atoms with Crippen molar-refractivity contribution in [1.29, 1.82) is 0 Å². The minimum atomic E-state index is -0.307. The monoisotopic (exact) mass is 478 g/mol. The van der Waals surface area contributed by atoms with Gasteiger partial charge in [-0.25, -0.2) is 0 Å². The number of rotatable bonds is 8. The van der Waals surface area contributed by atoms with Crippen molar-refractivity contribution >= 4 is 21.8 Å². The molecule has 0 atom stereocenters. The third kappa shape index (κ3) is 6.03. The number of hydrogen-bond acceptors (Lipinski definition) is 6. The van der Waals surface area contributed by atoms with E-state index in [4.69, 9.17) is 18.9 Å². The van der Waals surface area contributed by atoms with Gasteiger partial charge < -0.3 is 29.6 Å². The quantitative estimate of drug-likeness (QED) is 0.601. The van der Waals surface area contributed by atoms with Crippen LogP contribution in [0.3, 0.4) is 0 Å². The lowest BCUT2D eigenvalue weighted by atomic mass is 10.1. The molecule has 2 aromatic rings.